The monoisotopic (exact) mass is 334 g/mol. The molecular formula is C16H18N2O4S. The van der Waals surface area contributed by atoms with Crippen LogP contribution in [0.15, 0.2) is 53.4 Å². The van der Waals surface area contributed by atoms with E-state index >= 15 is 0 Å². The summed E-state index contributed by atoms with van der Waals surface area (Å²) in [6, 6.07) is 13.1. The molecule has 0 unspecified atom stereocenters. The molecule has 2 aromatic carbocycles. The van der Waals surface area contributed by atoms with E-state index in [0.717, 1.165) is 5.56 Å². The Balaban J connectivity index is 2.03. The molecule has 2 aromatic rings. The van der Waals surface area contributed by atoms with Crippen LogP contribution in [0.3, 0.4) is 0 Å². The molecule has 1 N–H and O–H groups in total. The third-order valence-corrected chi connectivity index (χ3v) is 5.26. The maximum absolute atomic E-state index is 12.1. The lowest BCUT2D eigenvalue weighted by Crippen LogP contribution is -2.11. The van der Waals surface area contributed by atoms with Crippen LogP contribution in [0, 0.1) is 10.1 Å². The van der Waals surface area contributed by atoms with Gasteiger partial charge in [-0.25, -0.2) is 8.42 Å². The minimum Gasteiger partial charge on any atom is -0.384 e. The minimum atomic E-state index is -3.28. The van der Waals surface area contributed by atoms with Crippen molar-refractivity contribution in [1.82, 2.24) is 0 Å². The van der Waals surface area contributed by atoms with Crippen LogP contribution >= 0.6 is 0 Å². The first-order valence-electron chi connectivity index (χ1n) is 7.23. The number of nitro groups is 1. The molecule has 7 heteroatoms. The molecule has 0 aliphatic carbocycles. The largest absolute Gasteiger partial charge is 0.384 e. The third kappa shape index (κ3) is 4.29. The number of hydrogen-bond acceptors (Lipinski definition) is 5. The molecule has 0 fully saturated rings. The van der Waals surface area contributed by atoms with Crippen molar-refractivity contribution in [3.8, 4) is 0 Å². The number of benzene rings is 2. The number of rotatable bonds is 7. The second-order valence-corrected chi connectivity index (χ2v) is 7.25. The summed E-state index contributed by atoms with van der Waals surface area (Å²) in [4.78, 5) is 10.5. The third-order valence-electron chi connectivity index (χ3n) is 3.48. The van der Waals surface area contributed by atoms with Gasteiger partial charge in [0.05, 0.1) is 21.3 Å². The zero-order valence-corrected chi connectivity index (χ0v) is 13.5. The highest BCUT2D eigenvalue weighted by molar-refractivity contribution is 7.91. The van der Waals surface area contributed by atoms with Crippen molar-refractivity contribution >= 4 is 21.2 Å². The predicted octanol–water partition coefficient (Wildman–Crippen LogP) is 3.04. The molecule has 2 rings (SSSR count). The maximum Gasteiger partial charge on any atom is 0.269 e. The first kappa shape index (κ1) is 17.0. The molecule has 0 spiro atoms. The molecule has 0 bridgehead atoms. The zero-order valence-electron chi connectivity index (χ0n) is 12.7. The average Bonchev–Trinajstić information content (AvgIpc) is 2.55. The Bertz CT molecular complexity index is 786. The van der Waals surface area contributed by atoms with Crippen molar-refractivity contribution in [2.45, 2.75) is 18.2 Å². The quantitative estimate of drug-likeness (QED) is 0.621. The Kier molecular flexibility index (Phi) is 5.33. The highest BCUT2D eigenvalue weighted by Crippen LogP contribution is 2.22. The Morgan fingerprint density at radius 2 is 1.74 bits per heavy atom. The Hall–Kier alpha value is -2.41. The molecule has 0 radical (unpaired) electrons. The van der Waals surface area contributed by atoms with Crippen molar-refractivity contribution in [3.63, 3.8) is 0 Å². The van der Waals surface area contributed by atoms with Gasteiger partial charge in [-0.3, -0.25) is 10.1 Å². The fourth-order valence-corrected chi connectivity index (χ4v) is 3.24. The summed E-state index contributed by atoms with van der Waals surface area (Å²) in [5.74, 6) is 0.0496. The number of nitrogens with one attached hydrogen (secondary N) is 1. The summed E-state index contributed by atoms with van der Waals surface area (Å²) in [6.07, 6.45) is 0.637. The van der Waals surface area contributed by atoms with Gasteiger partial charge in [-0.2, -0.15) is 0 Å². The fourth-order valence-electron chi connectivity index (χ4n) is 2.17. The van der Waals surface area contributed by atoms with Gasteiger partial charge in [0, 0.05) is 18.7 Å². The van der Waals surface area contributed by atoms with Gasteiger partial charge in [0.2, 0.25) is 0 Å². The van der Waals surface area contributed by atoms with Crippen LogP contribution in [0.25, 0.3) is 0 Å². The van der Waals surface area contributed by atoms with Gasteiger partial charge in [-0.05, 0) is 24.1 Å². The second-order valence-electron chi connectivity index (χ2n) is 5.00. The van der Waals surface area contributed by atoms with E-state index in [4.69, 9.17) is 0 Å². The highest BCUT2D eigenvalue weighted by atomic mass is 32.2. The van der Waals surface area contributed by atoms with Gasteiger partial charge in [-0.15, -0.1) is 0 Å². The smallest absolute Gasteiger partial charge is 0.269 e. The minimum absolute atomic E-state index is 0.0496. The Morgan fingerprint density at radius 3 is 2.35 bits per heavy atom. The van der Waals surface area contributed by atoms with E-state index < -0.39 is 14.8 Å². The van der Waals surface area contributed by atoms with Gasteiger partial charge < -0.3 is 5.32 Å². The molecule has 122 valence electrons. The number of sulfone groups is 1. The Labute approximate surface area is 135 Å². The number of non-ortho nitro benzene ring substituents is 1. The van der Waals surface area contributed by atoms with Crippen molar-refractivity contribution < 1.29 is 13.3 Å². The van der Waals surface area contributed by atoms with Crippen molar-refractivity contribution in [3.05, 3.63) is 64.2 Å². The predicted molar refractivity (Wildman–Crippen MR) is 89.5 cm³/mol. The number of hydrogen-bond donors (Lipinski definition) is 1. The van der Waals surface area contributed by atoms with Crippen LogP contribution in [-0.2, 0) is 16.3 Å². The lowest BCUT2D eigenvalue weighted by molar-refractivity contribution is -0.384. The molecule has 0 saturated heterocycles. The van der Waals surface area contributed by atoms with E-state index in [1.165, 1.54) is 12.1 Å². The first-order valence-corrected chi connectivity index (χ1v) is 8.88. The molecule has 0 aliphatic rings. The molecule has 0 atom stereocenters. The zero-order chi connectivity index (χ0) is 16.9. The standard InChI is InChI=1S/C16H18N2O4S/c1-2-23(21,22)16-6-4-3-5-15(16)17-12-11-13-7-9-14(10-8-13)18(19)20/h3-10,17H,2,11-12H2,1H3. The summed E-state index contributed by atoms with van der Waals surface area (Å²) in [6.45, 7) is 2.15. The molecule has 0 aromatic heterocycles. The normalized spacial score (nSPS) is 11.2. The van der Waals surface area contributed by atoms with Crippen molar-refractivity contribution in [1.29, 1.82) is 0 Å². The van der Waals surface area contributed by atoms with Gasteiger partial charge in [-0.1, -0.05) is 31.2 Å². The first-order chi connectivity index (χ1) is 10.9. The Morgan fingerprint density at radius 1 is 1.09 bits per heavy atom. The molecule has 0 heterocycles. The van der Waals surface area contributed by atoms with Crippen molar-refractivity contribution in [2.24, 2.45) is 0 Å². The summed E-state index contributed by atoms with van der Waals surface area (Å²) >= 11 is 0. The molecule has 0 aliphatic heterocycles. The van der Waals surface area contributed by atoms with Gasteiger partial charge in [0.15, 0.2) is 9.84 Å². The molecule has 0 saturated carbocycles. The van der Waals surface area contributed by atoms with Gasteiger partial charge in [0.25, 0.3) is 5.69 Å². The molecule has 0 amide bonds. The van der Waals surface area contributed by atoms with E-state index in [0.29, 0.717) is 23.5 Å². The molecular weight excluding hydrogens is 316 g/mol. The SMILES string of the molecule is CCS(=O)(=O)c1ccccc1NCCc1ccc([N+](=O)[O-])cc1. The van der Waals surface area contributed by atoms with Crippen LogP contribution < -0.4 is 5.32 Å². The van der Waals surface area contributed by atoms with Gasteiger partial charge >= 0.3 is 0 Å². The number of nitrogens with zero attached hydrogens (tertiary/aromatic N) is 1. The fraction of sp³-hybridized carbons (Fsp3) is 0.250. The van der Waals surface area contributed by atoms with Crippen molar-refractivity contribution in [2.75, 3.05) is 17.6 Å². The number of anilines is 1. The van der Waals surface area contributed by atoms with Gasteiger partial charge in [0.1, 0.15) is 0 Å². The second kappa shape index (κ2) is 7.23. The highest BCUT2D eigenvalue weighted by Gasteiger charge is 2.15. The number of nitro benzene ring substituents is 1. The topological polar surface area (TPSA) is 89.3 Å². The van der Waals surface area contributed by atoms with Crippen LogP contribution in [0.5, 0.6) is 0 Å². The summed E-state index contributed by atoms with van der Waals surface area (Å²) in [5.41, 5.74) is 1.58. The average molecular weight is 334 g/mol. The van der Waals surface area contributed by atoms with Crippen LogP contribution in [0.2, 0.25) is 0 Å². The van der Waals surface area contributed by atoms with Crippen LogP contribution in [0.1, 0.15) is 12.5 Å². The lowest BCUT2D eigenvalue weighted by atomic mass is 10.1. The number of para-hydroxylation sites is 1. The van der Waals surface area contributed by atoms with Crippen LogP contribution in [-0.4, -0.2) is 25.6 Å². The van der Waals surface area contributed by atoms with E-state index in [1.54, 1.807) is 43.3 Å². The van der Waals surface area contributed by atoms with E-state index in [-0.39, 0.29) is 11.4 Å². The van der Waals surface area contributed by atoms with E-state index in [1.807, 2.05) is 0 Å². The lowest BCUT2D eigenvalue weighted by Gasteiger charge is -2.11. The summed E-state index contributed by atoms with van der Waals surface area (Å²) in [7, 11) is -3.28. The maximum atomic E-state index is 12.1. The van der Waals surface area contributed by atoms with E-state index in [2.05, 4.69) is 5.32 Å². The summed E-state index contributed by atoms with van der Waals surface area (Å²) < 4.78 is 24.1. The van der Waals surface area contributed by atoms with Crippen LogP contribution in [0.4, 0.5) is 11.4 Å². The molecule has 23 heavy (non-hydrogen) atoms. The summed E-state index contributed by atoms with van der Waals surface area (Å²) in [5, 5.41) is 13.7. The van der Waals surface area contributed by atoms with E-state index in [9.17, 15) is 18.5 Å². The molecule has 6 nitrogen and oxygen atoms in total.